The zero-order chi connectivity index (χ0) is 13.5. The van der Waals surface area contributed by atoms with E-state index in [1.807, 2.05) is 0 Å². The van der Waals surface area contributed by atoms with Gasteiger partial charge in [0.2, 0.25) is 6.29 Å². The van der Waals surface area contributed by atoms with Gasteiger partial charge >= 0.3 is 11.9 Å². The Morgan fingerprint density at radius 3 is 2.67 bits per heavy atom. The van der Waals surface area contributed by atoms with Crippen molar-refractivity contribution in [2.24, 2.45) is 5.11 Å². The van der Waals surface area contributed by atoms with Crippen LogP contribution in [-0.2, 0) is 23.8 Å². The lowest BCUT2D eigenvalue weighted by Gasteiger charge is -2.33. The summed E-state index contributed by atoms with van der Waals surface area (Å²) < 4.78 is 15.2. The third-order valence-electron chi connectivity index (χ3n) is 2.38. The highest BCUT2D eigenvalue weighted by Crippen LogP contribution is 2.23. The van der Waals surface area contributed by atoms with E-state index in [0.29, 0.717) is 12.8 Å². The first-order valence-electron chi connectivity index (χ1n) is 5.53. The second-order valence-corrected chi connectivity index (χ2v) is 3.89. The monoisotopic (exact) mass is 257 g/mol. The Labute approximate surface area is 104 Å². The minimum atomic E-state index is -0.923. The zero-order valence-electron chi connectivity index (χ0n) is 10.2. The number of nitrogens with zero attached hydrogens (tertiary/aromatic N) is 3. The summed E-state index contributed by atoms with van der Waals surface area (Å²) in [6.07, 6.45) is -0.209. The second kappa shape index (κ2) is 6.83. The van der Waals surface area contributed by atoms with Crippen LogP contribution in [0.1, 0.15) is 26.7 Å². The van der Waals surface area contributed by atoms with Gasteiger partial charge in [0.25, 0.3) is 0 Å². The molecule has 0 aliphatic carbocycles. The van der Waals surface area contributed by atoms with Crippen LogP contribution >= 0.6 is 0 Å². The Bertz CT molecular complexity index is 367. The Morgan fingerprint density at radius 2 is 2.11 bits per heavy atom. The average Bonchev–Trinajstić information content (AvgIpc) is 2.29. The SMILES string of the molecule is CC(=O)OC[C@@H]1CC[C@@H](N=[N+]=[N-])[C@@H](OC(C)=O)O1. The molecule has 0 saturated carbocycles. The van der Waals surface area contributed by atoms with E-state index in [2.05, 4.69) is 10.0 Å². The van der Waals surface area contributed by atoms with Gasteiger partial charge < -0.3 is 14.2 Å². The number of hydrogen-bond donors (Lipinski definition) is 0. The predicted octanol–water partition coefficient (Wildman–Crippen LogP) is 1.30. The molecule has 8 heteroatoms. The summed E-state index contributed by atoms with van der Waals surface area (Å²) in [5.74, 6) is -0.925. The van der Waals surface area contributed by atoms with Crippen LogP contribution in [0.5, 0.6) is 0 Å². The molecule has 0 N–H and O–H groups in total. The standard InChI is InChI=1S/C10H15N3O5/c1-6(14)16-5-8-3-4-9(12-13-11)10(18-8)17-7(2)15/h8-10H,3-5H2,1-2H3/t8-,9+,10-/m0/s1. The average molecular weight is 257 g/mol. The molecule has 1 aliphatic rings. The van der Waals surface area contributed by atoms with Crippen molar-refractivity contribution >= 4 is 11.9 Å². The van der Waals surface area contributed by atoms with Gasteiger partial charge in [-0.05, 0) is 18.4 Å². The summed E-state index contributed by atoms with van der Waals surface area (Å²) >= 11 is 0. The van der Waals surface area contributed by atoms with Gasteiger partial charge in [-0.1, -0.05) is 5.11 Å². The minimum Gasteiger partial charge on any atom is -0.463 e. The van der Waals surface area contributed by atoms with E-state index in [1.54, 1.807) is 0 Å². The Balaban J connectivity index is 2.57. The highest BCUT2D eigenvalue weighted by molar-refractivity contribution is 5.66. The van der Waals surface area contributed by atoms with Gasteiger partial charge in [0.15, 0.2) is 0 Å². The molecule has 8 nitrogen and oxygen atoms in total. The third-order valence-corrected chi connectivity index (χ3v) is 2.38. The molecule has 3 atom stereocenters. The lowest BCUT2D eigenvalue weighted by Crippen LogP contribution is -2.42. The van der Waals surface area contributed by atoms with E-state index in [-0.39, 0.29) is 12.7 Å². The molecule has 1 fully saturated rings. The highest BCUT2D eigenvalue weighted by atomic mass is 16.7. The van der Waals surface area contributed by atoms with Crippen molar-refractivity contribution in [1.29, 1.82) is 0 Å². The molecule has 0 radical (unpaired) electrons. The number of hydrogen-bond acceptors (Lipinski definition) is 6. The molecule has 0 spiro atoms. The maximum absolute atomic E-state index is 10.9. The van der Waals surface area contributed by atoms with E-state index in [1.165, 1.54) is 13.8 Å². The molecule has 1 rings (SSSR count). The molecule has 100 valence electrons. The predicted molar refractivity (Wildman–Crippen MR) is 59.2 cm³/mol. The topological polar surface area (TPSA) is 111 Å². The largest absolute Gasteiger partial charge is 0.463 e. The van der Waals surface area contributed by atoms with E-state index in [0.717, 1.165) is 0 Å². The van der Waals surface area contributed by atoms with Crippen LogP contribution in [0, 0.1) is 0 Å². The van der Waals surface area contributed by atoms with Gasteiger partial charge in [-0.2, -0.15) is 0 Å². The molecule has 1 aliphatic heterocycles. The molecular formula is C10H15N3O5. The molecule has 0 aromatic heterocycles. The normalized spacial score (nSPS) is 26.9. The first kappa shape index (κ1) is 14.3. The lowest BCUT2D eigenvalue weighted by molar-refractivity contribution is -0.213. The number of carbonyl (C=O) groups excluding carboxylic acids is 2. The van der Waals surface area contributed by atoms with Crippen molar-refractivity contribution in [3.63, 3.8) is 0 Å². The fraction of sp³-hybridized carbons (Fsp3) is 0.800. The third kappa shape index (κ3) is 4.60. The summed E-state index contributed by atoms with van der Waals surface area (Å²) in [7, 11) is 0. The fourth-order valence-corrected chi connectivity index (χ4v) is 1.62. The highest BCUT2D eigenvalue weighted by Gasteiger charge is 2.33. The van der Waals surface area contributed by atoms with Gasteiger partial charge in [0.1, 0.15) is 12.6 Å². The lowest BCUT2D eigenvalue weighted by atomic mass is 10.0. The second-order valence-electron chi connectivity index (χ2n) is 3.89. The molecule has 1 heterocycles. The zero-order valence-corrected chi connectivity index (χ0v) is 10.2. The summed E-state index contributed by atoms with van der Waals surface area (Å²) in [5, 5.41) is 3.52. The summed E-state index contributed by atoms with van der Waals surface area (Å²) in [6, 6.07) is -0.549. The Morgan fingerprint density at radius 1 is 1.39 bits per heavy atom. The molecule has 0 bridgehead atoms. The van der Waals surface area contributed by atoms with Crippen molar-refractivity contribution in [3.05, 3.63) is 10.4 Å². The first-order chi connectivity index (χ1) is 8.52. The van der Waals surface area contributed by atoms with E-state index >= 15 is 0 Å². The van der Waals surface area contributed by atoms with Crippen molar-refractivity contribution in [2.75, 3.05) is 6.61 Å². The molecular weight excluding hydrogens is 242 g/mol. The number of ether oxygens (including phenoxy) is 3. The summed E-state index contributed by atoms with van der Waals surface area (Å²) in [6.45, 7) is 2.64. The van der Waals surface area contributed by atoms with Crippen molar-refractivity contribution in [3.8, 4) is 0 Å². The Kier molecular flexibility index (Phi) is 5.41. The minimum absolute atomic E-state index is 0.0933. The van der Waals surface area contributed by atoms with E-state index in [9.17, 15) is 9.59 Å². The van der Waals surface area contributed by atoms with Gasteiger partial charge in [0, 0.05) is 18.8 Å². The summed E-state index contributed by atoms with van der Waals surface area (Å²) in [5.41, 5.74) is 8.41. The number of carbonyl (C=O) groups is 2. The molecule has 0 amide bonds. The molecule has 1 saturated heterocycles. The number of azide groups is 1. The quantitative estimate of drug-likeness (QED) is 0.326. The van der Waals surface area contributed by atoms with Gasteiger partial charge in [-0.25, -0.2) is 0 Å². The van der Waals surface area contributed by atoms with Gasteiger partial charge in [-0.3, -0.25) is 9.59 Å². The van der Waals surface area contributed by atoms with Crippen LogP contribution in [0.4, 0.5) is 0 Å². The van der Waals surface area contributed by atoms with Crippen LogP contribution in [0.2, 0.25) is 0 Å². The first-order valence-corrected chi connectivity index (χ1v) is 5.53. The maximum atomic E-state index is 10.9. The van der Waals surface area contributed by atoms with Crippen LogP contribution < -0.4 is 0 Å². The maximum Gasteiger partial charge on any atom is 0.304 e. The number of esters is 2. The molecule has 18 heavy (non-hydrogen) atoms. The van der Waals surface area contributed by atoms with Crippen LogP contribution in [-0.4, -0.2) is 37.0 Å². The molecule has 0 aromatic carbocycles. The van der Waals surface area contributed by atoms with Crippen molar-refractivity contribution < 1.29 is 23.8 Å². The number of rotatable bonds is 4. The fourth-order valence-electron chi connectivity index (χ4n) is 1.62. The molecule has 0 unspecified atom stereocenters. The van der Waals surface area contributed by atoms with Crippen LogP contribution in [0.3, 0.4) is 0 Å². The van der Waals surface area contributed by atoms with Crippen LogP contribution in [0.15, 0.2) is 5.11 Å². The molecule has 0 aromatic rings. The van der Waals surface area contributed by atoms with Crippen LogP contribution in [0.25, 0.3) is 10.4 Å². The van der Waals surface area contributed by atoms with Gasteiger partial charge in [0.05, 0.1) is 6.10 Å². The van der Waals surface area contributed by atoms with Gasteiger partial charge in [-0.15, -0.1) is 0 Å². The summed E-state index contributed by atoms with van der Waals surface area (Å²) in [4.78, 5) is 24.3. The van der Waals surface area contributed by atoms with E-state index in [4.69, 9.17) is 19.7 Å². The van der Waals surface area contributed by atoms with Crippen molar-refractivity contribution in [1.82, 2.24) is 0 Å². The smallest absolute Gasteiger partial charge is 0.304 e. The Hall–Kier alpha value is -1.79. The van der Waals surface area contributed by atoms with Crippen molar-refractivity contribution in [2.45, 2.75) is 45.1 Å². The van der Waals surface area contributed by atoms with E-state index < -0.39 is 24.3 Å².